The molecule has 0 saturated carbocycles. The minimum atomic E-state index is 0.883. The first-order valence-electron chi connectivity index (χ1n) is 7.42. The minimum Gasteiger partial charge on any atom is -0.306 e. The highest BCUT2D eigenvalue weighted by atomic mass is 15.1. The lowest BCUT2D eigenvalue weighted by Gasteiger charge is -2.28. The van der Waals surface area contributed by atoms with Crippen LogP contribution in [-0.2, 0) is 6.42 Å². The molecule has 0 spiro atoms. The van der Waals surface area contributed by atoms with E-state index in [2.05, 4.69) is 29.1 Å². The number of aromatic nitrogens is 1. The molecule has 2 rings (SSSR count). The number of nitrogens with zero attached hydrogens (tertiary/aromatic N) is 2. The zero-order valence-electron chi connectivity index (χ0n) is 12.8. The van der Waals surface area contributed by atoms with Crippen molar-refractivity contribution in [1.29, 1.82) is 0 Å². The largest absolute Gasteiger partial charge is 0.306 e. The summed E-state index contributed by atoms with van der Waals surface area (Å²) in [5, 5.41) is 0. The second kappa shape index (κ2) is 11.2. The Morgan fingerprint density at radius 3 is 2.06 bits per heavy atom. The Morgan fingerprint density at radius 1 is 1.06 bits per heavy atom. The fraction of sp³-hybridized carbons (Fsp3) is 0.688. The maximum absolute atomic E-state index is 4.04. The van der Waals surface area contributed by atoms with E-state index in [0.29, 0.717) is 0 Å². The molecule has 1 aromatic heterocycles. The predicted molar refractivity (Wildman–Crippen MR) is 80.9 cm³/mol. The van der Waals surface area contributed by atoms with Crippen LogP contribution in [0.5, 0.6) is 0 Å². The second-order valence-electron chi connectivity index (χ2n) is 4.31. The summed E-state index contributed by atoms with van der Waals surface area (Å²) in [6.45, 7) is 10.5. The van der Waals surface area contributed by atoms with Gasteiger partial charge in [0, 0.05) is 12.4 Å². The molecule has 0 atom stereocenters. The van der Waals surface area contributed by atoms with Gasteiger partial charge >= 0.3 is 0 Å². The lowest BCUT2D eigenvalue weighted by atomic mass is 9.91. The van der Waals surface area contributed by atoms with Gasteiger partial charge in [-0.2, -0.15) is 0 Å². The summed E-state index contributed by atoms with van der Waals surface area (Å²) in [6.07, 6.45) is 7.71. The maximum atomic E-state index is 4.04. The van der Waals surface area contributed by atoms with Crippen LogP contribution in [0.25, 0.3) is 0 Å². The van der Waals surface area contributed by atoms with Crippen molar-refractivity contribution in [1.82, 2.24) is 9.88 Å². The van der Waals surface area contributed by atoms with E-state index in [1.165, 1.54) is 37.9 Å². The highest BCUT2D eigenvalue weighted by Crippen LogP contribution is 2.20. The highest BCUT2D eigenvalue weighted by molar-refractivity contribution is 5.10. The Balaban J connectivity index is 0.000000659. The average molecular weight is 250 g/mol. The van der Waals surface area contributed by atoms with Crippen molar-refractivity contribution < 1.29 is 0 Å². The average Bonchev–Trinajstić information content (AvgIpc) is 2.47. The molecule has 0 aromatic carbocycles. The van der Waals surface area contributed by atoms with Crippen LogP contribution in [0.3, 0.4) is 0 Å². The van der Waals surface area contributed by atoms with Gasteiger partial charge < -0.3 is 4.90 Å². The lowest BCUT2D eigenvalue weighted by Crippen LogP contribution is -2.30. The van der Waals surface area contributed by atoms with Crippen LogP contribution in [0.1, 0.15) is 46.1 Å². The standard InChI is InChI=1S/C12H18N2.2C2H6/c1-14-8-4-12(5-9-14)10-11-2-6-13-7-3-11;2*1-2/h2-3,6-7,12H,4-5,8-10H2,1H3;2*1-2H3. The van der Waals surface area contributed by atoms with E-state index in [0.717, 1.165) is 5.92 Å². The monoisotopic (exact) mass is 250 g/mol. The van der Waals surface area contributed by atoms with Gasteiger partial charge in [0.25, 0.3) is 0 Å². The van der Waals surface area contributed by atoms with Crippen LogP contribution < -0.4 is 0 Å². The van der Waals surface area contributed by atoms with Crippen LogP contribution >= 0.6 is 0 Å². The lowest BCUT2D eigenvalue weighted by molar-refractivity contribution is 0.219. The Morgan fingerprint density at radius 2 is 1.56 bits per heavy atom. The highest BCUT2D eigenvalue weighted by Gasteiger charge is 2.16. The van der Waals surface area contributed by atoms with Crippen molar-refractivity contribution in [2.45, 2.75) is 47.0 Å². The third-order valence-corrected chi connectivity index (χ3v) is 3.11. The van der Waals surface area contributed by atoms with Crippen molar-refractivity contribution in [2.24, 2.45) is 5.92 Å². The zero-order chi connectivity index (χ0) is 13.8. The Hall–Kier alpha value is -0.890. The smallest absolute Gasteiger partial charge is 0.0270 e. The number of hydrogen-bond acceptors (Lipinski definition) is 2. The van der Waals surface area contributed by atoms with Crippen molar-refractivity contribution >= 4 is 0 Å². The number of likely N-dealkylation sites (tertiary alicyclic amines) is 1. The molecule has 0 bridgehead atoms. The van der Waals surface area contributed by atoms with Gasteiger partial charge in [-0.1, -0.05) is 27.7 Å². The quantitative estimate of drug-likeness (QED) is 0.788. The molecule has 2 heteroatoms. The summed E-state index contributed by atoms with van der Waals surface area (Å²) in [4.78, 5) is 6.46. The SMILES string of the molecule is CC.CC.CN1CCC(Cc2ccncc2)CC1. The van der Waals surface area contributed by atoms with Crippen LogP contribution in [0, 0.1) is 5.92 Å². The molecule has 0 N–H and O–H groups in total. The molecular formula is C16H30N2. The van der Waals surface area contributed by atoms with Gasteiger partial charge in [0.05, 0.1) is 0 Å². The summed E-state index contributed by atoms with van der Waals surface area (Å²) >= 11 is 0. The first-order chi connectivity index (χ1) is 8.84. The molecule has 104 valence electrons. The van der Waals surface area contributed by atoms with Gasteiger partial charge in [-0.25, -0.2) is 0 Å². The van der Waals surface area contributed by atoms with Crippen molar-refractivity contribution in [3.8, 4) is 0 Å². The molecule has 1 saturated heterocycles. The molecule has 0 radical (unpaired) electrons. The second-order valence-corrected chi connectivity index (χ2v) is 4.31. The number of rotatable bonds is 2. The van der Waals surface area contributed by atoms with E-state index in [9.17, 15) is 0 Å². The van der Waals surface area contributed by atoms with E-state index in [1.807, 2.05) is 40.1 Å². The van der Waals surface area contributed by atoms with Gasteiger partial charge in [-0.05, 0) is 63.0 Å². The summed E-state index contributed by atoms with van der Waals surface area (Å²) < 4.78 is 0. The molecule has 2 nitrogen and oxygen atoms in total. The third-order valence-electron chi connectivity index (χ3n) is 3.11. The molecule has 1 fully saturated rings. The van der Waals surface area contributed by atoms with Crippen molar-refractivity contribution in [3.05, 3.63) is 30.1 Å². The van der Waals surface area contributed by atoms with Gasteiger partial charge in [0.15, 0.2) is 0 Å². The normalized spacial score (nSPS) is 16.1. The maximum Gasteiger partial charge on any atom is 0.0270 e. The molecule has 1 aromatic rings. The minimum absolute atomic E-state index is 0.883. The third kappa shape index (κ3) is 6.75. The number of hydrogen-bond donors (Lipinski definition) is 0. The van der Waals surface area contributed by atoms with Crippen molar-refractivity contribution in [2.75, 3.05) is 20.1 Å². The summed E-state index contributed by atoms with van der Waals surface area (Å²) in [7, 11) is 2.21. The van der Waals surface area contributed by atoms with E-state index in [-0.39, 0.29) is 0 Å². The zero-order valence-corrected chi connectivity index (χ0v) is 12.8. The van der Waals surface area contributed by atoms with E-state index in [4.69, 9.17) is 0 Å². The molecule has 0 aliphatic carbocycles. The van der Waals surface area contributed by atoms with Gasteiger partial charge in [0.1, 0.15) is 0 Å². The summed E-state index contributed by atoms with van der Waals surface area (Å²) in [5.74, 6) is 0.883. The topological polar surface area (TPSA) is 16.1 Å². The molecule has 1 aliphatic rings. The molecule has 0 amide bonds. The first kappa shape index (κ1) is 17.1. The predicted octanol–water partition coefficient (Wildman–Crippen LogP) is 4.02. The number of pyridine rings is 1. The van der Waals surface area contributed by atoms with Gasteiger partial charge in [-0.3, -0.25) is 4.98 Å². The molecule has 1 aliphatic heterocycles. The Bertz CT molecular complexity index is 264. The van der Waals surface area contributed by atoms with Crippen LogP contribution in [0.2, 0.25) is 0 Å². The molecule has 0 unspecified atom stereocenters. The molecule has 18 heavy (non-hydrogen) atoms. The van der Waals surface area contributed by atoms with Gasteiger partial charge in [-0.15, -0.1) is 0 Å². The van der Waals surface area contributed by atoms with E-state index in [1.54, 1.807) is 0 Å². The molecule has 2 heterocycles. The fourth-order valence-corrected chi connectivity index (χ4v) is 2.12. The van der Waals surface area contributed by atoms with Crippen molar-refractivity contribution in [3.63, 3.8) is 0 Å². The molecular weight excluding hydrogens is 220 g/mol. The van der Waals surface area contributed by atoms with Gasteiger partial charge in [0.2, 0.25) is 0 Å². The Kier molecular flexibility index (Phi) is 10.7. The summed E-state index contributed by atoms with van der Waals surface area (Å²) in [5.41, 5.74) is 1.44. The van der Waals surface area contributed by atoms with Crippen LogP contribution in [0.15, 0.2) is 24.5 Å². The Labute approximate surface area is 113 Å². The van der Waals surface area contributed by atoms with Crippen LogP contribution in [0.4, 0.5) is 0 Å². The number of piperidine rings is 1. The fourth-order valence-electron chi connectivity index (χ4n) is 2.12. The van der Waals surface area contributed by atoms with E-state index < -0.39 is 0 Å². The van der Waals surface area contributed by atoms with E-state index >= 15 is 0 Å². The van der Waals surface area contributed by atoms with Crippen LogP contribution in [-0.4, -0.2) is 30.0 Å². The summed E-state index contributed by atoms with van der Waals surface area (Å²) in [6, 6.07) is 4.27. The first-order valence-corrected chi connectivity index (χ1v) is 7.42.